The summed E-state index contributed by atoms with van der Waals surface area (Å²) in [5.41, 5.74) is 0.158. The van der Waals surface area contributed by atoms with Gasteiger partial charge >= 0.3 is 6.03 Å². The van der Waals surface area contributed by atoms with Crippen molar-refractivity contribution in [1.29, 1.82) is 0 Å². The van der Waals surface area contributed by atoms with Crippen LogP contribution in [0.3, 0.4) is 0 Å². The first-order valence-corrected chi connectivity index (χ1v) is 11.2. The number of nitrogens with one attached hydrogen (secondary N) is 2. The van der Waals surface area contributed by atoms with Crippen molar-refractivity contribution in [2.75, 3.05) is 26.3 Å². The second-order valence-electron chi connectivity index (χ2n) is 8.19. The Morgan fingerprint density at radius 3 is 2.65 bits per heavy atom. The fourth-order valence-electron chi connectivity index (χ4n) is 4.44. The van der Waals surface area contributed by atoms with Gasteiger partial charge in [-0.1, -0.05) is 25.8 Å². The SMILES string of the molecule is CCOc1ccc(CCNC(=O)CN2C(=O)N[C@@]3(CCCC[C@H]3C)C2=O)cc1OCC. The van der Waals surface area contributed by atoms with Crippen LogP contribution in [-0.2, 0) is 16.0 Å². The lowest BCUT2D eigenvalue weighted by Crippen LogP contribution is -2.54. The highest BCUT2D eigenvalue weighted by molar-refractivity contribution is 6.09. The number of carbonyl (C=O) groups excluding carboxylic acids is 3. The van der Waals surface area contributed by atoms with Crippen LogP contribution in [0.15, 0.2) is 18.2 Å². The molecular formula is C23H33N3O5. The Kier molecular flexibility index (Phi) is 7.41. The third-order valence-corrected chi connectivity index (χ3v) is 6.15. The van der Waals surface area contributed by atoms with E-state index >= 15 is 0 Å². The minimum absolute atomic E-state index is 0.0740. The largest absolute Gasteiger partial charge is 0.490 e. The van der Waals surface area contributed by atoms with Crippen LogP contribution in [0.25, 0.3) is 0 Å². The van der Waals surface area contributed by atoms with E-state index in [1.807, 2.05) is 39.0 Å². The zero-order valence-electron chi connectivity index (χ0n) is 18.7. The van der Waals surface area contributed by atoms with Gasteiger partial charge in [0.05, 0.1) is 13.2 Å². The summed E-state index contributed by atoms with van der Waals surface area (Å²) in [6.45, 7) is 7.05. The smallest absolute Gasteiger partial charge is 0.325 e. The van der Waals surface area contributed by atoms with Crippen LogP contribution in [-0.4, -0.2) is 54.6 Å². The van der Waals surface area contributed by atoms with E-state index in [4.69, 9.17) is 9.47 Å². The highest BCUT2D eigenvalue weighted by Gasteiger charge is 2.55. The summed E-state index contributed by atoms with van der Waals surface area (Å²) in [7, 11) is 0. The van der Waals surface area contributed by atoms with Crippen molar-refractivity contribution in [2.24, 2.45) is 5.92 Å². The maximum atomic E-state index is 13.0. The number of nitrogens with zero attached hydrogens (tertiary/aromatic N) is 1. The summed E-state index contributed by atoms with van der Waals surface area (Å²) in [6, 6.07) is 5.24. The molecule has 4 amide bonds. The quantitative estimate of drug-likeness (QED) is 0.586. The molecule has 3 rings (SSSR count). The lowest BCUT2D eigenvalue weighted by atomic mass is 9.73. The molecule has 1 aliphatic carbocycles. The third kappa shape index (κ3) is 4.94. The lowest BCUT2D eigenvalue weighted by molar-refractivity contribution is -0.137. The molecule has 1 aromatic carbocycles. The molecule has 0 unspecified atom stereocenters. The maximum absolute atomic E-state index is 13.0. The van der Waals surface area contributed by atoms with E-state index in [-0.39, 0.29) is 24.3 Å². The molecule has 2 N–H and O–H groups in total. The number of rotatable bonds is 9. The summed E-state index contributed by atoms with van der Waals surface area (Å²) in [5, 5.41) is 5.68. The molecule has 8 heteroatoms. The Bertz CT molecular complexity index is 827. The number of urea groups is 1. The first-order chi connectivity index (χ1) is 14.9. The van der Waals surface area contributed by atoms with Gasteiger partial charge in [0, 0.05) is 6.54 Å². The second-order valence-corrected chi connectivity index (χ2v) is 8.19. The van der Waals surface area contributed by atoms with Gasteiger partial charge in [-0.25, -0.2) is 4.79 Å². The molecule has 2 fully saturated rings. The van der Waals surface area contributed by atoms with E-state index < -0.39 is 11.6 Å². The Morgan fingerprint density at radius 1 is 1.19 bits per heavy atom. The van der Waals surface area contributed by atoms with Crippen molar-refractivity contribution in [2.45, 2.75) is 58.4 Å². The molecular weight excluding hydrogens is 398 g/mol. The van der Waals surface area contributed by atoms with Crippen LogP contribution in [0.2, 0.25) is 0 Å². The van der Waals surface area contributed by atoms with Crippen molar-refractivity contribution in [3.05, 3.63) is 23.8 Å². The minimum Gasteiger partial charge on any atom is -0.490 e. The molecule has 2 aliphatic rings. The summed E-state index contributed by atoms with van der Waals surface area (Å²) in [6.07, 6.45) is 4.10. The maximum Gasteiger partial charge on any atom is 0.325 e. The molecule has 2 atom stereocenters. The van der Waals surface area contributed by atoms with Crippen LogP contribution < -0.4 is 20.1 Å². The van der Waals surface area contributed by atoms with E-state index in [1.165, 1.54) is 0 Å². The highest BCUT2D eigenvalue weighted by Crippen LogP contribution is 2.38. The molecule has 1 spiro atoms. The van der Waals surface area contributed by atoms with Gasteiger partial charge in [0.25, 0.3) is 5.91 Å². The van der Waals surface area contributed by atoms with Crippen molar-refractivity contribution < 1.29 is 23.9 Å². The van der Waals surface area contributed by atoms with Crippen molar-refractivity contribution in [3.8, 4) is 11.5 Å². The fourth-order valence-corrected chi connectivity index (χ4v) is 4.44. The Labute approximate surface area is 183 Å². The topological polar surface area (TPSA) is 97.0 Å². The number of carbonyl (C=O) groups is 3. The summed E-state index contributed by atoms with van der Waals surface area (Å²) < 4.78 is 11.2. The van der Waals surface area contributed by atoms with Gasteiger partial charge < -0.3 is 20.1 Å². The monoisotopic (exact) mass is 431 g/mol. The number of hydrogen-bond acceptors (Lipinski definition) is 5. The van der Waals surface area contributed by atoms with E-state index in [2.05, 4.69) is 10.6 Å². The Morgan fingerprint density at radius 2 is 1.94 bits per heavy atom. The predicted octanol–water partition coefficient (Wildman–Crippen LogP) is 2.64. The number of ether oxygens (including phenoxy) is 2. The van der Waals surface area contributed by atoms with E-state index in [0.29, 0.717) is 44.1 Å². The van der Waals surface area contributed by atoms with Gasteiger partial charge in [-0.15, -0.1) is 0 Å². The first kappa shape index (κ1) is 22.9. The molecule has 31 heavy (non-hydrogen) atoms. The summed E-state index contributed by atoms with van der Waals surface area (Å²) >= 11 is 0. The molecule has 1 heterocycles. The minimum atomic E-state index is -0.840. The van der Waals surface area contributed by atoms with E-state index in [1.54, 1.807) is 0 Å². The van der Waals surface area contributed by atoms with E-state index in [0.717, 1.165) is 29.7 Å². The number of benzene rings is 1. The van der Waals surface area contributed by atoms with Crippen LogP contribution in [0.4, 0.5) is 4.79 Å². The van der Waals surface area contributed by atoms with Gasteiger partial charge in [-0.2, -0.15) is 0 Å². The number of amides is 4. The highest BCUT2D eigenvalue weighted by atomic mass is 16.5. The average molecular weight is 432 g/mol. The van der Waals surface area contributed by atoms with Gasteiger partial charge in [-0.05, 0) is 56.7 Å². The van der Waals surface area contributed by atoms with Crippen LogP contribution in [0.1, 0.15) is 52.0 Å². The van der Waals surface area contributed by atoms with Crippen molar-refractivity contribution in [1.82, 2.24) is 15.5 Å². The predicted molar refractivity (Wildman–Crippen MR) is 116 cm³/mol. The fraction of sp³-hybridized carbons (Fsp3) is 0.609. The zero-order valence-corrected chi connectivity index (χ0v) is 18.7. The number of hydrogen-bond donors (Lipinski definition) is 2. The summed E-state index contributed by atoms with van der Waals surface area (Å²) in [4.78, 5) is 38.8. The van der Waals surface area contributed by atoms with Gasteiger partial charge in [0.15, 0.2) is 11.5 Å². The van der Waals surface area contributed by atoms with Crippen LogP contribution in [0.5, 0.6) is 11.5 Å². The Balaban J connectivity index is 1.53. The second kappa shape index (κ2) is 10.0. The average Bonchev–Trinajstić information content (AvgIpc) is 2.97. The van der Waals surface area contributed by atoms with Gasteiger partial charge in [0.2, 0.25) is 5.91 Å². The molecule has 0 radical (unpaired) electrons. The third-order valence-electron chi connectivity index (χ3n) is 6.15. The first-order valence-electron chi connectivity index (χ1n) is 11.2. The summed E-state index contributed by atoms with van der Waals surface area (Å²) in [5.74, 6) is 0.832. The normalized spacial score (nSPS) is 23.1. The van der Waals surface area contributed by atoms with E-state index in [9.17, 15) is 14.4 Å². The molecule has 8 nitrogen and oxygen atoms in total. The molecule has 1 aromatic rings. The molecule has 1 saturated carbocycles. The zero-order chi connectivity index (χ0) is 22.4. The Hall–Kier alpha value is -2.77. The standard InChI is InChI=1S/C23H33N3O5/c1-4-30-18-10-9-17(14-19(18)31-5-2)11-13-24-20(27)15-26-21(28)23(25-22(26)29)12-7-6-8-16(23)3/h9-10,14,16H,4-8,11-13,15H2,1-3H3,(H,24,27)(H,25,29)/t16-,23-/m1/s1. The van der Waals surface area contributed by atoms with Crippen molar-refractivity contribution in [3.63, 3.8) is 0 Å². The molecule has 0 bridgehead atoms. The van der Waals surface area contributed by atoms with Crippen LogP contribution >= 0.6 is 0 Å². The molecule has 1 saturated heterocycles. The van der Waals surface area contributed by atoms with Crippen LogP contribution in [0, 0.1) is 5.92 Å². The van der Waals surface area contributed by atoms with Gasteiger partial charge in [-0.3, -0.25) is 14.5 Å². The van der Waals surface area contributed by atoms with Gasteiger partial charge in [0.1, 0.15) is 12.1 Å². The molecule has 1 aliphatic heterocycles. The lowest BCUT2D eigenvalue weighted by Gasteiger charge is -2.36. The molecule has 170 valence electrons. The molecule has 0 aromatic heterocycles. The van der Waals surface area contributed by atoms with Crippen molar-refractivity contribution >= 4 is 17.8 Å². The number of imide groups is 1.